The summed E-state index contributed by atoms with van der Waals surface area (Å²) in [5, 5.41) is 9.01. The maximum atomic E-state index is 13.1. The molecule has 2 heterocycles. The second kappa shape index (κ2) is 7.68. The predicted molar refractivity (Wildman–Crippen MR) is 106 cm³/mol. The van der Waals surface area contributed by atoms with Crippen LogP contribution in [0.1, 0.15) is 41.6 Å². The van der Waals surface area contributed by atoms with Gasteiger partial charge in [0.2, 0.25) is 0 Å². The first-order valence-electron chi connectivity index (χ1n) is 8.79. The van der Waals surface area contributed by atoms with Gasteiger partial charge in [-0.3, -0.25) is 4.79 Å². The van der Waals surface area contributed by atoms with Crippen molar-refractivity contribution in [1.29, 1.82) is 0 Å². The summed E-state index contributed by atoms with van der Waals surface area (Å²) < 4.78 is 17.1. The summed E-state index contributed by atoms with van der Waals surface area (Å²) in [6.45, 7) is 8.23. The molecule has 3 aromatic rings. The van der Waals surface area contributed by atoms with Crippen molar-refractivity contribution >= 4 is 17.5 Å². The van der Waals surface area contributed by atoms with Crippen LogP contribution < -0.4 is 0 Å². The Kier molecular flexibility index (Phi) is 5.51. The second-order valence-electron chi connectivity index (χ2n) is 6.83. The highest BCUT2D eigenvalue weighted by Gasteiger charge is 2.19. The molecule has 0 aliphatic heterocycles. The fraction of sp³-hybridized carbons (Fsp3) is 0.350. The summed E-state index contributed by atoms with van der Waals surface area (Å²) >= 11 is 1.36. The molecule has 0 unspecified atom stereocenters. The lowest BCUT2D eigenvalue weighted by molar-refractivity contribution is 0.102. The van der Waals surface area contributed by atoms with Gasteiger partial charge in [-0.2, -0.15) is 0 Å². The van der Waals surface area contributed by atoms with E-state index in [1.54, 1.807) is 12.1 Å². The molecule has 7 heteroatoms. The van der Waals surface area contributed by atoms with Crippen LogP contribution >= 0.6 is 11.8 Å². The molecule has 27 heavy (non-hydrogen) atoms. The Balaban J connectivity index is 1.75. The average molecular weight is 386 g/mol. The molecule has 0 saturated heterocycles. The Labute approximate surface area is 162 Å². The lowest BCUT2D eigenvalue weighted by Gasteiger charge is -2.13. The molecule has 0 spiro atoms. The van der Waals surface area contributed by atoms with Crippen molar-refractivity contribution in [3.63, 3.8) is 0 Å². The lowest BCUT2D eigenvalue weighted by Crippen LogP contribution is -2.08. The van der Waals surface area contributed by atoms with Gasteiger partial charge in [0.1, 0.15) is 5.82 Å². The zero-order chi connectivity index (χ0) is 19.7. The number of aromatic nitrogens is 4. The van der Waals surface area contributed by atoms with Gasteiger partial charge in [-0.1, -0.05) is 11.8 Å². The summed E-state index contributed by atoms with van der Waals surface area (Å²) in [6.07, 6.45) is 0. The van der Waals surface area contributed by atoms with E-state index in [-0.39, 0.29) is 17.4 Å². The maximum absolute atomic E-state index is 13.1. The van der Waals surface area contributed by atoms with E-state index in [2.05, 4.69) is 28.6 Å². The zero-order valence-electron chi connectivity index (χ0n) is 16.2. The van der Waals surface area contributed by atoms with Crippen LogP contribution in [-0.2, 0) is 7.05 Å². The molecule has 0 aliphatic rings. The Morgan fingerprint density at radius 2 is 1.85 bits per heavy atom. The molecule has 0 fully saturated rings. The van der Waals surface area contributed by atoms with E-state index in [4.69, 9.17) is 0 Å². The zero-order valence-corrected chi connectivity index (χ0v) is 17.0. The van der Waals surface area contributed by atoms with E-state index in [0.29, 0.717) is 17.0 Å². The molecule has 5 nitrogen and oxygen atoms in total. The summed E-state index contributed by atoms with van der Waals surface area (Å²) in [6, 6.07) is 8.39. The number of carbonyl (C=O) groups is 1. The molecule has 3 rings (SSSR count). The number of benzene rings is 1. The van der Waals surface area contributed by atoms with Gasteiger partial charge in [0.15, 0.2) is 16.8 Å². The summed E-state index contributed by atoms with van der Waals surface area (Å²) in [5.41, 5.74) is 3.63. The van der Waals surface area contributed by atoms with Gasteiger partial charge in [0, 0.05) is 35.6 Å². The minimum absolute atomic E-state index is 0.0753. The van der Waals surface area contributed by atoms with Crippen molar-refractivity contribution in [2.45, 2.75) is 38.9 Å². The topological polar surface area (TPSA) is 52.7 Å². The number of nitrogens with zero attached hydrogens (tertiary/aromatic N) is 4. The minimum Gasteiger partial charge on any atom is -0.346 e. The predicted octanol–water partition coefficient (Wildman–Crippen LogP) is 4.60. The molecule has 142 valence electrons. The van der Waals surface area contributed by atoms with Crippen molar-refractivity contribution in [2.24, 2.45) is 7.05 Å². The normalized spacial score (nSPS) is 11.4. The number of ketones is 1. The van der Waals surface area contributed by atoms with Gasteiger partial charge in [-0.25, -0.2) is 4.39 Å². The highest BCUT2D eigenvalue weighted by molar-refractivity contribution is 7.99. The number of Topliss-reactive ketones (excluding diaryl/α,β-unsaturated/α-hetero) is 1. The standard InChI is InChI=1S/C20H23FN4OS/c1-12(2)25-13(3)10-17(14(25)4)18(26)11-27-20-23-22-19(24(20)5)15-6-8-16(21)9-7-15/h6-10,12H,11H2,1-5H3. The van der Waals surface area contributed by atoms with Crippen molar-refractivity contribution in [3.8, 4) is 11.4 Å². The van der Waals surface area contributed by atoms with Gasteiger partial charge in [0.25, 0.3) is 0 Å². The Bertz CT molecular complexity index is 973. The van der Waals surface area contributed by atoms with Crippen LogP contribution in [0.15, 0.2) is 35.5 Å². The summed E-state index contributed by atoms with van der Waals surface area (Å²) in [7, 11) is 1.84. The number of hydrogen-bond acceptors (Lipinski definition) is 4. The molecule has 0 saturated carbocycles. The Hall–Kier alpha value is -2.41. The van der Waals surface area contributed by atoms with Gasteiger partial charge < -0.3 is 9.13 Å². The molecule has 1 aromatic carbocycles. The molecule has 0 atom stereocenters. The third kappa shape index (κ3) is 3.83. The van der Waals surface area contributed by atoms with Crippen LogP contribution in [0.25, 0.3) is 11.4 Å². The SMILES string of the molecule is Cc1cc(C(=O)CSc2nnc(-c3ccc(F)cc3)n2C)c(C)n1C(C)C. The van der Waals surface area contributed by atoms with Crippen molar-refractivity contribution in [1.82, 2.24) is 19.3 Å². The molecular formula is C20H23FN4OS. The number of thioether (sulfide) groups is 1. The number of hydrogen-bond donors (Lipinski definition) is 0. The summed E-state index contributed by atoms with van der Waals surface area (Å²) in [5.74, 6) is 0.715. The van der Waals surface area contributed by atoms with Gasteiger partial charge in [0.05, 0.1) is 5.75 Å². The fourth-order valence-corrected chi connectivity index (χ4v) is 4.15. The molecule has 0 bridgehead atoms. The maximum Gasteiger partial charge on any atom is 0.191 e. The molecule has 2 aromatic heterocycles. The van der Waals surface area contributed by atoms with Gasteiger partial charge in [-0.05, 0) is 58.0 Å². The molecule has 0 radical (unpaired) electrons. The molecule has 0 N–H and O–H groups in total. The smallest absolute Gasteiger partial charge is 0.191 e. The first kappa shape index (κ1) is 19.4. The van der Waals surface area contributed by atoms with E-state index in [9.17, 15) is 9.18 Å². The highest BCUT2D eigenvalue weighted by Crippen LogP contribution is 2.25. The van der Waals surface area contributed by atoms with Crippen molar-refractivity contribution < 1.29 is 9.18 Å². The molecular weight excluding hydrogens is 363 g/mol. The average Bonchev–Trinajstić information content (AvgIpc) is 3.13. The third-order valence-corrected chi connectivity index (χ3v) is 5.59. The Morgan fingerprint density at radius 1 is 1.19 bits per heavy atom. The number of carbonyl (C=O) groups excluding carboxylic acids is 1. The summed E-state index contributed by atoms with van der Waals surface area (Å²) in [4.78, 5) is 12.7. The molecule has 0 amide bonds. The molecule has 0 aliphatic carbocycles. The van der Waals surface area contributed by atoms with Crippen LogP contribution in [0.5, 0.6) is 0 Å². The minimum atomic E-state index is -0.292. The quantitative estimate of drug-likeness (QED) is 0.459. The van der Waals surface area contributed by atoms with E-state index < -0.39 is 0 Å². The first-order chi connectivity index (χ1) is 12.8. The van der Waals surface area contributed by atoms with E-state index >= 15 is 0 Å². The highest BCUT2D eigenvalue weighted by atomic mass is 32.2. The number of halogens is 1. The second-order valence-corrected chi connectivity index (χ2v) is 7.77. The largest absolute Gasteiger partial charge is 0.346 e. The fourth-order valence-electron chi connectivity index (χ4n) is 3.35. The Morgan fingerprint density at radius 3 is 2.44 bits per heavy atom. The van der Waals surface area contributed by atoms with Gasteiger partial charge >= 0.3 is 0 Å². The monoisotopic (exact) mass is 386 g/mol. The van der Waals surface area contributed by atoms with Crippen molar-refractivity contribution in [3.05, 3.63) is 53.1 Å². The van der Waals surface area contributed by atoms with Crippen LogP contribution in [0.2, 0.25) is 0 Å². The van der Waals surface area contributed by atoms with Crippen LogP contribution in [0.3, 0.4) is 0 Å². The first-order valence-corrected chi connectivity index (χ1v) is 9.78. The van der Waals surface area contributed by atoms with E-state index in [0.717, 1.165) is 22.5 Å². The van der Waals surface area contributed by atoms with E-state index in [1.165, 1.54) is 23.9 Å². The van der Waals surface area contributed by atoms with Crippen molar-refractivity contribution in [2.75, 3.05) is 5.75 Å². The third-order valence-electron chi connectivity index (χ3n) is 4.57. The number of aryl methyl sites for hydroxylation is 1. The number of rotatable bonds is 6. The van der Waals surface area contributed by atoms with Crippen LogP contribution in [0.4, 0.5) is 4.39 Å². The van der Waals surface area contributed by atoms with Crippen LogP contribution in [-0.4, -0.2) is 30.9 Å². The van der Waals surface area contributed by atoms with Crippen LogP contribution in [0, 0.1) is 19.7 Å². The van der Waals surface area contributed by atoms with Gasteiger partial charge in [-0.15, -0.1) is 10.2 Å². The lowest BCUT2D eigenvalue weighted by atomic mass is 10.2. The van der Waals surface area contributed by atoms with E-state index in [1.807, 2.05) is 31.5 Å².